The average Bonchev–Trinajstić information content (AvgIpc) is 2.61. The molecule has 7 heteroatoms. The fourth-order valence-electron chi connectivity index (χ4n) is 1.82. The topological polar surface area (TPSA) is 57.7 Å². The minimum atomic E-state index is -0.621. The average molecular weight is 413 g/mol. The van der Waals surface area contributed by atoms with Gasteiger partial charge in [-0.1, -0.05) is 11.6 Å². The van der Waals surface area contributed by atoms with Gasteiger partial charge >= 0.3 is 5.97 Å². The quantitative estimate of drug-likeness (QED) is 0.401. The van der Waals surface area contributed by atoms with Crippen LogP contribution in [0.25, 0.3) is 6.08 Å². The van der Waals surface area contributed by atoms with Crippen LogP contribution in [0.2, 0.25) is 5.15 Å². The molecule has 24 heavy (non-hydrogen) atoms. The van der Waals surface area contributed by atoms with Crippen molar-refractivity contribution in [2.45, 2.75) is 6.29 Å². The molecule has 1 heterocycles. The molecule has 0 saturated carbocycles. The number of rotatable bonds is 6. The summed E-state index contributed by atoms with van der Waals surface area (Å²) in [5.74, 6) is 0.152. The zero-order chi connectivity index (χ0) is 17.5. The Kier molecular flexibility index (Phi) is 6.78. The van der Waals surface area contributed by atoms with Crippen molar-refractivity contribution < 1.29 is 19.0 Å². The summed E-state index contributed by atoms with van der Waals surface area (Å²) in [6.45, 7) is 0. The van der Waals surface area contributed by atoms with E-state index in [9.17, 15) is 4.79 Å². The molecule has 0 aliphatic carbocycles. The van der Waals surface area contributed by atoms with E-state index in [1.165, 1.54) is 14.2 Å². The summed E-state index contributed by atoms with van der Waals surface area (Å²) in [5, 5.41) is 0.381. The first-order valence-electron chi connectivity index (χ1n) is 6.90. The summed E-state index contributed by atoms with van der Waals surface area (Å²) in [5.41, 5.74) is 1.18. The van der Waals surface area contributed by atoms with Crippen LogP contribution in [-0.4, -0.2) is 31.5 Å². The van der Waals surface area contributed by atoms with Gasteiger partial charge < -0.3 is 14.2 Å². The molecule has 0 aliphatic heterocycles. The molecule has 0 saturated heterocycles. The van der Waals surface area contributed by atoms with Crippen LogP contribution in [0.1, 0.15) is 15.9 Å². The minimum Gasteiger partial charge on any atom is -0.465 e. The van der Waals surface area contributed by atoms with Crippen LogP contribution in [0, 0.1) is 0 Å². The van der Waals surface area contributed by atoms with Gasteiger partial charge in [0.2, 0.25) is 6.29 Å². The Morgan fingerprint density at radius 3 is 2.62 bits per heavy atom. The van der Waals surface area contributed by atoms with Crippen molar-refractivity contribution >= 4 is 39.6 Å². The zero-order valence-corrected chi connectivity index (χ0v) is 15.4. The van der Waals surface area contributed by atoms with Gasteiger partial charge in [-0.05, 0) is 58.4 Å². The van der Waals surface area contributed by atoms with Crippen molar-refractivity contribution in [3.05, 3.63) is 63.4 Å². The van der Waals surface area contributed by atoms with Gasteiger partial charge in [-0.25, -0.2) is 9.78 Å². The number of ether oxygens (including phenoxy) is 3. The number of hydrogen-bond donors (Lipinski definition) is 0. The Hall–Kier alpha value is -1.89. The third-order valence-corrected chi connectivity index (χ3v) is 3.78. The van der Waals surface area contributed by atoms with Crippen molar-refractivity contribution in [1.82, 2.24) is 4.98 Å². The lowest BCUT2D eigenvalue weighted by Crippen LogP contribution is -2.15. The van der Waals surface area contributed by atoms with E-state index >= 15 is 0 Å². The normalized spacial score (nSPS) is 12.2. The number of esters is 1. The zero-order valence-electron chi connectivity index (χ0n) is 13.0. The largest absolute Gasteiger partial charge is 0.465 e. The van der Waals surface area contributed by atoms with E-state index in [0.29, 0.717) is 16.5 Å². The van der Waals surface area contributed by atoms with Crippen molar-refractivity contribution in [1.29, 1.82) is 0 Å². The van der Waals surface area contributed by atoms with Crippen LogP contribution in [0.4, 0.5) is 0 Å². The number of halogens is 2. The molecule has 1 atom stereocenters. The molecule has 0 bridgehead atoms. The lowest BCUT2D eigenvalue weighted by Gasteiger charge is -2.14. The van der Waals surface area contributed by atoms with Gasteiger partial charge in [-0.3, -0.25) is 0 Å². The van der Waals surface area contributed by atoms with E-state index in [0.717, 1.165) is 10.0 Å². The molecule has 126 valence electrons. The smallest absolute Gasteiger partial charge is 0.337 e. The second-order valence-electron chi connectivity index (χ2n) is 4.63. The molecular formula is C17H15BrClNO4. The summed E-state index contributed by atoms with van der Waals surface area (Å²) in [7, 11) is 2.86. The minimum absolute atomic E-state index is 0.381. The van der Waals surface area contributed by atoms with E-state index < -0.39 is 12.3 Å². The highest BCUT2D eigenvalue weighted by molar-refractivity contribution is 9.10. The van der Waals surface area contributed by atoms with Crippen LogP contribution < -0.4 is 4.74 Å². The number of hydrogen-bond acceptors (Lipinski definition) is 5. The molecule has 0 amide bonds. The Bertz CT molecular complexity index is 734. The number of carbonyl (C=O) groups is 1. The van der Waals surface area contributed by atoms with Crippen LogP contribution >= 0.6 is 27.5 Å². The Morgan fingerprint density at radius 1 is 1.29 bits per heavy atom. The predicted molar refractivity (Wildman–Crippen MR) is 95.2 cm³/mol. The molecule has 2 aromatic rings. The molecule has 0 fully saturated rings. The first-order chi connectivity index (χ1) is 11.5. The third kappa shape index (κ3) is 5.06. The highest BCUT2D eigenvalue weighted by atomic mass is 79.9. The van der Waals surface area contributed by atoms with E-state index in [2.05, 4.69) is 25.7 Å². The lowest BCUT2D eigenvalue weighted by molar-refractivity contribution is -0.0151. The van der Waals surface area contributed by atoms with E-state index in [1.807, 2.05) is 6.07 Å². The first-order valence-corrected chi connectivity index (χ1v) is 8.07. The highest BCUT2D eigenvalue weighted by Gasteiger charge is 2.08. The fourth-order valence-corrected chi connectivity index (χ4v) is 2.34. The molecule has 5 nitrogen and oxygen atoms in total. The van der Waals surface area contributed by atoms with Crippen molar-refractivity contribution in [3.8, 4) is 5.75 Å². The summed E-state index contributed by atoms with van der Waals surface area (Å²) < 4.78 is 16.4. The van der Waals surface area contributed by atoms with Crippen LogP contribution in [0.5, 0.6) is 5.75 Å². The number of pyridine rings is 1. The molecular weight excluding hydrogens is 398 g/mol. The molecule has 1 aromatic carbocycles. The predicted octanol–water partition coefficient (Wildman–Crippen LogP) is 4.35. The number of carbonyl (C=O) groups excluding carboxylic acids is 1. The van der Waals surface area contributed by atoms with Crippen LogP contribution in [0.15, 0.2) is 47.1 Å². The summed E-state index contributed by atoms with van der Waals surface area (Å²) >= 11 is 9.38. The molecule has 1 aromatic heterocycles. The monoisotopic (exact) mass is 411 g/mol. The van der Waals surface area contributed by atoms with E-state index in [4.69, 9.17) is 21.1 Å². The highest BCUT2D eigenvalue weighted by Crippen LogP contribution is 2.20. The summed E-state index contributed by atoms with van der Waals surface area (Å²) in [6, 6.07) is 8.41. The van der Waals surface area contributed by atoms with Gasteiger partial charge in [-0.15, -0.1) is 0 Å². The van der Waals surface area contributed by atoms with Gasteiger partial charge in [0, 0.05) is 23.3 Å². The first kappa shape index (κ1) is 18.4. The van der Waals surface area contributed by atoms with E-state index in [1.54, 1.807) is 42.6 Å². The number of nitrogens with zero attached hydrogens (tertiary/aromatic N) is 1. The molecule has 0 spiro atoms. The number of benzene rings is 1. The van der Waals surface area contributed by atoms with Gasteiger partial charge in [0.1, 0.15) is 10.9 Å². The second kappa shape index (κ2) is 8.82. The van der Waals surface area contributed by atoms with Gasteiger partial charge in [0.05, 0.1) is 12.7 Å². The molecule has 0 aliphatic rings. The number of methoxy groups -OCH3 is 2. The summed E-state index contributed by atoms with van der Waals surface area (Å²) in [4.78, 5) is 15.4. The molecule has 0 radical (unpaired) electrons. The Labute approximate surface area is 153 Å². The Balaban J connectivity index is 2.07. The van der Waals surface area contributed by atoms with Crippen LogP contribution in [0.3, 0.4) is 0 Å². The molecule has 2 rings (SSSR count). The molecule has 0 N–H and O–H groups in total. The molecule has 1 unspecified atom stereocenters. The van der Waals surface area contributed by atoms with Crippen molar-refractivity contribution in [2.75, 3.05) is 14.2 Å². The maximum atomic E-state index is 11.4. The second-order valence-corrected chi connectivity index (χ2v) is 5.90. The maximum absolute atomic E-state index is 11.4. The fraction of sp³-hybridized carbons (Fsp3) is 0.176. The SMILES string of the molecule is COC(=O)c1ccc(OC(/C=C/c2cc(Br)cnc2Cl)OC)cc1. The number of aromatic nitrogens is 1. The third-order valence-electron chi connectivity index (χ3n) is 3.03. The van der Waals surface area contributed by atoms with Gasteiger partial charge in [-0.2, -0.15) is 0 Å². The van der Waals surface area contributed by atoms with E-state index in [-0.39, 0.29) is 0 Å². The van der Waals surface area contributed by atoms with Crippen molar-refractivity contribution in [3.63, 3.8) is 0 Å². The summed E-state index contributed by atoms with van der Waals surface area (Å²) in [6.07, 6.45) is 4.47. The van der Waals surface area contributed by atoms with Gasteiger partial charge in [0.15, 0.2) is 0 Å². The van der Waals surface area contributed by atoms with Crippen molar-refractivity contribution in [2.24, 2.45) is 0 Å². The maximum Gasteiger partial charge on any atom is 0.337 e. The lowest BCUT2D eigenvalue weighted by atomic mass is 10.2. The standard InChI is InChI=1S/C17H15BrClNO4/c1-22-15(8-5-12-9-13(18)10-20-16(12)19)24-14-6-3-11(4-7-14)17(21)23-2/h3-10,15H,1-2H3/b8-5+. The van der Waals surface area contributed by atoms with Gasteiger partial charge in [0.25, 0.3) is 0 Å². The van der Waals surface area contributed by atoms with Crippen LogP contribution in [-0.2, 0) is 9.47 Å². The Morgan fingerprint density at radius 2 is 2.00 bits per heavy atom.